The zero-order valence-electron chi connectivity index (χ0n) is 19.8. The molecule has 14 heteroatoms. The predicted molar refractivity (Wildman–Crippen MR) is 124 cm³/mol. The van der Waals surface area contributed by atoms with E-state index in [1.807, 2.05) is 6.92 Å². The van der Waals surface area contributed by atoms with E-state index in [1.54, 1.807) is 0 Å². The van der Waals surface area contributed by atoms with E-state index in [4.69, 9.17) is 9.47 Å². The van der Waals surface area contributed by atoms with Crippen LogP contribution >= 0.6 is 12.4 Å². The zero-order valence-corrected chi connectivity index (χ0v) is 20.6. The van der Waals surface area contributed by atoms with Crippen LogP contribution in [-0.4, -0.2) is 60.2 Å². The summed E-state index contributed by atoms with van der Waals surface area (Å²) in [5, 5.41) is 2.41. The number of fused-ring (bicyclic) bond motifs is 2. The summed E-state index contributed by atoms with van der Waals surface area (Å²) in [5.41, 5.74) is -1.48. The number of aromatic nitrogens is 1. The topological polar surface area (TPSA) is 125 Å². The maximum atomic E-state index is 14.0. The quantitative estimate of drug-likeness (QED) is 0.434. The van der Waals surface area contributed by atoms with Crippen LogP contribution in [0.15, 0.2) is 29.2 Å². The molecule has 0 unspecified atom stereocenters. The van der Waals surface area contributed by atoms with E-state index in [9.17, 15) is 28.0 Å². The van der Waals surface area contributed by atoms with E-state index in [-0.39, 0.29) is 42.8 Å². The maximum absolute atomic E-state index is 14.0. The molecular formula is C23H24ClF2N3O8. The van der Waals surface area contributed by atoms with Crippen molar-refractivity contribution in [1.29, 1.82) is 0 Å². The van der Waals surface area contributed by atoms with Gasteiger partial charge in [0.25, 0.3) is 11.8 Å². The summed E-state index contributed by atoms with van der Waals surface area (Å²) in [6, 6.07) is 2.70. The second kappa shape index (κ2) is 11.6. The van der Waals surface area contributed by atoms with Crippen LogP contribution in [0, 0.1) is 11.6 Å². The highest BCUT2D eigenvalue weighted by Gasteiger charge is 2.41. The average Bonchev–Trinajstić information content (AvgIpc) is 2.84. The molecule has 200 valence electrons. The number of halogens is 3. The van der Waals surface area contributed by atoms with Crippen molar-refractivity contribution in [1.82, 2.24) is 14.8 Å². The molecule has 2 aliphatic heterocycles. The first-order valence-corrected chi connectivity index (χ1v) is 11.0. The molecule has 37 heavy (non-hydrogen) atoms. The third kappa shape index (κ3) is 5.67. The second-order valence-corrected chi connectivity index (χ2v) is 8.16. The van der Waals surface area contributed by atoms with Crippen LogP contribution in [0.5, 0.6) is 5.75 Å². The van der Waals surface area contributed by atoms with Gasteiger partial charge >= 0.3 is 6.16 Å². The first-order chi connectivity index (χ1) is 17.2. The van der Waals surface area contributed by atoms with E-state index in [2.05, 4.69) is 14.8 Å². The summed E-state index contributed by atoms with van der Waals surface area (Å²) in [5.74, 6) is -3.57. The number of carbonyl (C=O) groups excluding carboxylic acids is 3. The van der Waals surface area contributed by atoms with Crippen molar-refractivity contribution in [3.05, 3.63) is 63.1 Å². The van der Waals surface area contributed by atoms with Crippen LogP contribution in [0.4, 0.5) is 13.6 Å². The molecule has 11 nitrogen and oxygen atoms in total. The summed E-state index contributed by atoms with van der Waals surface area (Å²) >= 11 is 0. The molecule has 1 saturated heterocycles. The Morgan fingerprint density at radius 3 is 2.70 bits per heavy atom. The Morgan fingerprint density at radius 1 is 1.24 bits per heavy atom. The third-order valence-corrected chi connectivity index (χ3v) is 5.90. The van der Waals surface area contributed by atoms with Gasteiger partial charge in [0.1, 0.15) is 17.2 Å². The molecule has 2 amide bonds. The van der Waals surface area contributed by atoms with Crippen LogP contribution in [0.25, 0.3) is 0 Å². The molecule has 3 heterocycles. The molecule has 1 aromatic heterocycles. The highest BCUT2D eigenvalue weighted by atomic mass is 35.5. The van der Waals surface area contributed by atoms with Crippen LogP contribution in [0.2, 0.25) is 0 Å². The zero-order chi connectivity index (χ0) is 26.0. The predicted octanol–water partition coefficient (Wildman–Crippen LogP) is 2.19. The van der Waals surface area contributed by atoms with Gasteiger partial charge < -0.3 is 33.7 Å². The number of ether oxygens (including phenoxy) is 4. The van der Waals surface area contributed by atoms with Gasteiger partial charge in [-0.25, -0.2) is 13.6 Å². The molecular weight excluding hydrogens is 520 g/mol. The second-order valence-electron chi connectivity index (χ2n) is 8.16. The molecule has 0 aliphatic carbocycles. The lowest BCUT2D eigenvalue weighted by atomic mass is 10.1. The number of hydrogen-bond acceptors (Lipinski definition) is 8. The minimum atomic E-state index is -1.08. The number of benzene rings is 1. The molecule has 2 aliphatic rings. The Morgan fingerprint density at radius 2 is 2.00 bits per heavy atom. The van der Waals surface area contributed by atoms with Gasteiger partial charge in [0.05, 0.1) is 20.3 Å². The van der Waals surface area contributed by atoms with Gasteiger partial charge in [0.2, 0.25) is 18.0 Å². The number of hydrogen-bond donors (Lipinski definition) is 1. The Balaban J connectivity index is 0.00000380. The summed E-state index contributed by atoms with van der Waals surface area (Å²) in [7, 11) is 1.08. The molecule has 1 N–H and O–H groups in total. The van der Waals surface area contributed by atoms with Gasteiger partial charge in [0, 0.05) is 30.4 Å². The smallest absolute Gasteiger partial charge is 0.451 e. The molecule has 2 atom stereocenters. The maximum Gasteiger partial charge on any atom is 0.510 e. The van der Waals surface area contributed by atoms with Gasteiger partial charge in [-0.1, -0.05) is 6.07 Å². The van der Waals surface area contributed by atoms with Crippen LogP contribution in [0.3, 0.4) is 0 Å². The molecule has 0 saturated carbocycles. The van der Waals surface area contributed by atoms with Gasteiger partial charge in [-0.3, -0.25) is 14.4 Å². The molecule has 2 aromatic rings. The van der Waals surface area contributed by atoms with Gasteiger partial charge in [0.15, 0.2) is 11.9 Å². The van der Waals surface area contributed by atoms with Gasteiger partial charge in [-0.15, -0.1) is 12.4 Å². The highest BCUT2D eigenvalue weighted by Crippen LogP contribution is 2.30. The normalized spacial score (nSPS) is 18.2. The van der Waals surface area contributed by atoms with Crippen molar-refractivity contribution in [2.75, 3.05) is 20.5 Å². The first kappa shape index (κ1) is 27.9. The Bertz CT molecular complexity index is 1270. The monoisotopic (exact) mass is 543 g/mol. The number of rotatable bonds is 6. The largest absolute Gasteiger partial charge is 0.510 e. The SMILES string of the molecule is COC(=O)OCOc1c2n(cc(C(=O)NCc3ccc(F)cc3F)c1=O)C[C@@H]1OCC[C@@H](C)N1C2=O.Cl. The number of nitrogens with one attached hydrogen (secondary N) is 1. The average molecular weight is 544 g/mol. The third-order valence-electron chi connectivity index (χ3n) is 5.90. The minimum Gasteiger partial charge on any atom is -0.451 e. The molecule has 0 spiro atoms. The fraction of sp³-hybridized carbons (Fsp3) is 0.391. The molecule has 0 radical (unpaired) electrons. The molecule has 1 aromatic carbocycles. The lowest BCUT2D eigenvalue weighted by molar-refractivity contribution is -0.112. The van der Waals surface area contributed by atoms with Crippen molar-refractivity contribution in [3.63, 3.8) is 0 Å². The fourth-order valence-electron chi connectivity index (χ4n) is 4.07. The summed E-state index contributed by atoms with van der Waals surface area (Å²) < 4.78 is 48.6. The van der Waals surface area contributed by atoms with E-state index in [1.165, 1.54) is 15.7 Å². The van der Waals surface area contributed by atoms with Crippen molar-refractivity contribution < 1.29 is 42.1 Å². The van der Waals surface area contributed by atoms with Gasteiger partial charge in [-0.05, 0) is 19.4 Å². The summed E-state index contributed by atoms with van der Waals surface area (Å²) in [4.78, 5) is 52.3. The lowest BCUT2D eigenvalue weighted by Gasteiger charge is -2.44. The number of pyridine rings is 1. The summed E-state index contributed by atoms with van der Waals surface area (Å²) in [6.07, 6.45) is 0.0809. The molecule has 1 fully saturated rings. The molecule has 4 rings (SSSR count). The van der Waals surface area contributed by atoms with Crippen molar-refractivity contribution in [3.8, 4) is 5.75 Å². The number of methoxy groups -OCH3 is 1. The van der Waals surface area contributed by atoms with Crippen LogP contribution in [0.1, 0.15) is 39.8 Å². The van der Waals surface area contributed by atoms with Crippen molar-refractivity contribution in [2.45, 2.75) is 38.7 Å². The fourth-order valence-corrected chi connectivity index (χ4v) is 4.07. The Labute approximate surface area is 215 Å². The van der Waals surface area contributed by atoms with Crippen LogP contribution in [-0.2, 0) is 27.3 Å². The standard InChI is InChI=1S/C23H23F2N3O8.ClH/c1-12-5-6-34-17-10-27-9-15(21(30)26-8-13-3-4-14(24)7-16(13)25)19(29)20(18(27)22(31)28(12)17)35-11-36-23(32)33-2;/h3-4,7,9,12,17H,5-6,8,10-11H2,1-2H3,(H,26,30);1H/t12-,17+;/m1./s1. The Hall–Kier alpha value is -3.71. The number of nitrogens with zero attached hydrogens (tertiary/aromatic N) is 2. The highest BCUT2D eigenvalue weighted by molar-refractivity contribution is 5.99. The van der Waals surface area contributed by atoms with Crippen molar-refractivity contribution in [2.24, 2.45) is 0 Å². The van der Waals surface area contributed by atoms with Gasteiger partial charge in [-0.2, -0.15) is 0 Å². The lowest BCUT2D eigenvalue weighted by Crippen LogP contribution is -2.57. The van der Waals surface area contributed by atoms with E-state index < -0.39 is 59.4 Å². The van der Waals surface area contributed by atoms with E-state index in [0.717, 1.165) is 19.2 Å². The van der Waals surface area contributed by atoms with Crippen LogP contribution < -0.4 is 15.5 Å². The van der Waals surface area contributed by atoms with E-state index in [0.29, 0.717) is 19.1 Å². The summed E-state index contributed by atoms with van der Waals surface area (Å²) in [6.45, 7) is 1.29. The van der Waals surface area contributed by atoms with Crippen molar-refractivity contribution >= 4 is 30.4 Å². The molecule has 0 bridgehead atoms. The number of carbonyl (C=O) groups is 3. The first-order valence-electron chi connectivity index (χ1n) is 11.0. The van der Waals surface area contributed by atoms with E-state index >= 15 is 0 Å². The Kier molecular flexibility index (Phi) is 8.71. The number of amides is 2. The minimum absolute atomic E-state index is 0.